The van der Waals surface area contributed by atoms with Gasteiger partial charge < -0.3 is 20.5 Å². The molecule has 0 aliphatic heterocycles. The maximum Gasteiger partial charge on any atom is 0.340 e. The van der Waals surface area contributed by atoms with Crippen LogP contribution in [0.5, 0.6) is 0 Å². The Morgan fingerprint density at radius 2 is 1.69 bits per heavy atom. The standard InChI is InChI=1S/C24H19ClF2N2O6S/c1-35-23(33)15-10-17(26)18(27)11-19(15)29-24(34)28-13-4-2-12(3-5-13)8-14(30)9-16(22(31)32)20-6-7-21(25)36-20/h2-7,10-11,16H,8-9H2,1H3,(H,31,32)(H2,28,29,34). The van der Waals surface area contributed by atoms with Gasteiger partial charge in [-0.2, -0.15) is 0 Å². The monoisotopic (exact) mass is 536 g/mol. The fourth-order valence-corrected chi connectivity index (χ4v) is 4.43. The number of hydrogen-bond acceptors (Lipinski definition) is 6. The van der Waals surface area contributed by atoms with E-state index in [-0.39, 0.29) is 29.9 Å². The number of urea groups is 1. The summed E-state index contributed by atoms with van der Waals surface area (Å²) in [5, 5.41) is 14.2. The number of nitrogens with one attached hydrogen (secondary N) is 2. The van der Waals surface area contributed by atoms with Gasteiger partial charge in [-0.15, -0.1) is 11.3 Å². The van der Waals surface area contributed by atoms with Crippen LogP contribution < -0.4 is 10.6 Å². The molecule has 0 aliphatic rings. The van der Waals surface area contributed by atoms with Crippen molar-refractivity contribution in [3.63, 3.8) is 0 Å². The number of aliphatic carboxylic acids is 1. The van der Waals surface area contributed by atoms with E-state index in [0.29, 0.717) is 32.6 Å². The summed E-state index contributed by atoms with van der Waals surface area (Å²) in [5.41, 5.74) is 0.237. The molecule has 0 fully saturated rings. The lowest BCUT2D eigenvalue weighted by molar-refractivity contribution is -0.140. The van der Waals surface area contributed by atoms with Crippen molar-refractivity contribution >= 4 is 58.1 Å². The SMILES string of the molecule is COC(=O)c1cc(F)c(F)cc1NC(=O)Nc1ccc(CC(=O)CC(C(=O)O)c2ccc(Cl)s2)cc1. The fraction of sp³-hybridized carbons (Fsp3) is 0.167. The Labute approximate surface area is 212 Å². The molecule has 1 unspecified atom stereocenters. The molecule has 3 N–H and O–H groups in total. The number of ketones is 1. The second-order valence-electron chi connectivity index (χ2n) is 7.53. The molecule has 0 radical (unpaired) electrons. The second kappa shape index (κ2) is 11.7. The number of ether oxygens (including phenoxy) is 1. The number of Topliss-reactive ketones (excluding diaryl/α,β-unsaturated/α-hetero) is 1. The normalized spacial score (nSPS) is 11.4. The summed E-state index contributed by atoms with van der Waals surface area (Å²) >= 11 is 6.97. The van der Waals surface area contributed by atoms with E-state index in [4.69, 9.17) is 11.6 Å². The van der Waals surface area contributed by atoms with Crippen molar-refractivity contribution in [1.82, 2.24) is 0 Å². The van der Waals surface area contributed by atoms with Crippen LogP contribution in [-0.2, 0) is 20.7 Å². The zero-order chi connectivity index (χ0) is 26.4. The van der Waals surface area contributed by atoms with Gasteiger partial charge in [0.2, 0.25) is 0 Å². The molecule has 1 aromatic heterocycles. The lowest BCUT2D eigenvalue weighted by atomic mass is 9.97. The lowest BCUT2D eigenvalue weighted by Gasteiger charge is -2.12. The van der Waals surface area contributed by atoms with Gasteiger partial charge in [-0.1, -0.05) is 23.7 Å². The fourth-order valence-electron chi connectivity index (χ4n) is 3.27. The lowest BCUT2D eigenvalue weighted by Crippen LogP contribution is -2.21. The summed E-state index contributed by atoms with van der Waals surface area (Å²) in [6, 6.07) is 9.74. The molecule has 2 aromatic carbocycles. The third-order valence-electron chi connectivity index (χ3n) is 4.99. The minimum atomic E-state index is -1.28. The molecule has 0 saturated heterocycles. The first-order valence-electron chi connectivity index (χ1n) is 10.3. The molecule has 2 amide bonds. The molecule has 0 aliphatic carbocycles. The molecule has 1 atom stereocenters. The Kier molecular flexibility index (Phi) is 8.73. The number of thiophene rings is 1. The van der Waals surface area contributed by atoms with Crippen LogP contribution in [0.1, 0.15) is 33.1 Å². The number of carbonyl (C=O) groups excluding carboxylic acids is 3. The number of hydrogen-bond donors (Lipinski definition) is 3. The molecule has 8 nitrogen and oxygen atoms in total. The summed E-state index contributed by atoms with van der Waals surface area (Å²) in [7, 11) is 1.05. The van der Waals surface area contributed by atoms with Crippen LogP contribution in [0.4, 0.5) is 25.0 Å². The van der Waals surface area contributed by atoms with E-state index in [0.717, 1.165) is 18.4 Å². The van der Waals surface area contributed by atoms with Gasteiger partial charge in [-0.3, -0.25) is 9.59 Å². The largest absolute Gasteiger partial charge is 0.481 e. The van der Waals surface area contributed by atoms with Crippen LogP contribution in [0.2, 0.25) is 4.34 Å². The Hall–Kier alpha value is -3.83. The van der Waals surface area contributed by atoms with E-state index in [1.807, 2.05) is 0 Å². The van der Waals surface area contributed by atoms with Crippen LogP contribution in [0.25, 0.3) is 0 Å². The third-order valence-corrected chi connectivity index (χ3v) is 6.34. The molecule has 0 spiro atoms. The number of carbonyl (C=O) groups is 4. The van der Waals surface area contributed by atoms with Crippen LogP contribution in [0.15, 0.2) is 48.5 Å². The number of amides is 2. The van der Waals surface area contributed by atoms with E-state index in [1.54, 1.807) is 24.3 Å². The van der Waals surface area contributed by atoms with E-state index in [2.05, 4.69) is 15.4 Å². The Bertz CT molecular complexity index is 1310. The van der Waals surface area contributed by atoms with Gasteiger partial charge in [0.15, 0.2) is 11.6 Å². The van der Waals surface area contributed by atoms with Gasteiger partial charge in [-0.25, -0.2) is 18.4 Å². The summed E-state index contributed by atoms with van der Waals surface area (Å²) in [6.07, 6.45) is -0.224. The van der Waals surface area contributed by atoms with Crippen molar-refractivity contribution in [2.24, 2.45) is 0 Å². The van der Waals surface area contributed by atoms with Crippen molar-refractivity contribution in [2.45, 2.75) is 18.8 Å². The van der Waals surface area contributed by atoms with Crippen LogP contribution in [0.3, 0.4) is 0 Å². The Morgan fingerprint density at radius 3 is 2.28 bits per heavy atom. The zero-order valence-corrected chi connectivity index (χ0v) is 20.2. The number of carboxylic acid groups (broad SMARTS) is 1. The van der Waals surface area contributed by atoms with Crippen molar-refractivity contribution in [1.29, 1.82) is 0 Å². The third kappa shape index (κ3) is 6.86. The number of carboxylic acids is 1. The number of esters is 1. The Morgan fingerprint density at radius 1 is 1.03 bits per heavy atom. The maximum atomic E-state index is 13.6. The average Bonchev–Trinajstić information content (AvgIpc) is 3.26. The van der Waals surface area contributed by atoms with Gasteiger partial charge in [-0.05, 0) is 35.9 Å². The maximum absolute atomic E-state index is 13.6. The molecule has 0 saturated carbocycles. The number of anilines is 2. The minimum Gasteiger partial charge on any atom is -0.481 e. The van der Waals surface area contributed by atoms with E-state index in [1.165, 1.54) is 12.1 Å². The van der Waals surface area contributed by atoms with Crippen molar-refractivity contribution < 1.29 is 37.8 Å². The molecule has 12 heteroatoms. The van der Waals surface area contributed by atoms with E-state index >= 15 is 0 Å². The summed E-state index contributed by atoms with van der Waals surface area (Å²) in [5.74, 6) is -5.92. The number of methoxy groups -OCH3 is 1. The van der Waals surface area contributed by atoms with Crippen molar-refractivity contribution in [2.75, 3.05) is 17.7 Å². The first-order valence-corrected chi connectivity index (χ1v) is 11.5. The topological polar surface area (TPSA) is 122 Å². The molecule has 3 rings (SSSR count). The van der Waals surface area contributed by atoms with Crippen LogP contribution in [-0.4, -0.2) is 36.0 Å². The van der Waals surface area contributed by atoms with Crippen LogP contribution >= 0.6 is 22.9 Å². The Balaban J connectivity index is 1.61. The van der Waals surface area contributed by atoms with Crippen molar-refractivity contribution in [3.05, 3.63) is 80.5 Å². The molecule has 36 heavy (non-hydrogen) atoms. The van der Waals surface area contributed by atoms with Gasteiger partial charge in [0.05, 0.1) is 28.6 Å². The molecule has 0 bridgehead atoms. The summed E-state index contributed by atoms with van der Waals surface area (Å²) < 4.78 is 32.1. The first-order chi connectivity index (χ1) is 17.1. The molecule has 188 valence electrons. The number of halogens is 3. The van der Waals surface area contributed by atoms with E-state index in [9.17, 15) is 33.1 Å². The van der Waals surface area contributed by atoms with Crippen molar-refractivity contribution in [3.8, 4) is 0 Å². The molecular weight excluding hydrogens is 518 g/mol. The summed E-state index contributed by atoms with van der Waals surface area (Å²) in [4.78, 5) is 48.7. The predicted octanol–water partition coefficient (Wildman–Crippen LogP) is 5.48. The van der Waals surface area contributed by atoms with Gasteiger partial charge >= 0.3 is 18.0 Å². The highest BCUT2D eigenvalue weighted by atomic mass is 35.5. The van der Waals surface area contributed by atoms with Crippen LogP contribution in [0, 0.1) is 11.6 Å². The quantitative estimate of drug-likeness (QED) is 0.311. The number of benzene rings is 2. The highest BCUT2D eigenvalue weighted by Gasteiger charge is 2.25. The van der Waals surface area contributed by atoms with Gasteiger partial charge in [0.25, 0.3) is 0 Å². The smallest absolute Gasteiger partial charge is 0.340 e. The zero-order valence-electron chi connectivity index (χ0n) is 18.6. The number of rotatable bonds is 9. The first kappa shape index (κ1) is 26.8. The highest BCUT2D eigenvalue weighted by molar-refractivity contribution is 7.16. The highest BCUT2D eigenvalue weighted by Crippen LogP contribution is 2.31. The molecule has 3 aromatic rings. The molecular formula is C24H19ClF2N2O6S. The minimum absolute atomic E-state index is 0.0211. The van der Waals surface area contributed by atoms with Gasteiger partial charge in [0, 0.05) is 29.5 Å². The summed E-state index contributed by atoms with van der Waals surface area (Å²) in [6.45, 7) is 0. The van der Waals surface area contributed by atoms with Gasteiger partial charge in [0.1, 0.15) is 5.78 Å². The predicted molar refractivity (Wildman–Crippen MR) is 130 cm³/mol. The molecule has 1 heterocycles. The average molecular weight is 537 g/mol. The second-order valence-corrected chi connectivity index (χ2v) is 9.28. The van der Waals surface area contributed by atoms with E-state index < -0.39 is 35.5 Å².